The quantitative estimate of drug-likeness (QED) is 0.0262. The fraction of sp³-hybridized carbons (Fsp3) is 0.726. The molecule has 1 unspecified atom stereocenters. The van der Waals surface area contributed by atoms with Crippen LogP contribution in [0.15, 0.2) is 85.1 Å². The van der Waals surface area contributed by atoms with Crippen LogP contribution in [0.1, 0.15) is 271 Å². The van der Waals surface area contributed by atoms with Gasteiger partial charge in [0.1, 0.15) is 13.2 Å². The first kappa shape index (κ1) is 64.6. The fourth-order valence-electron chi connectivity index (χ4n) is 7.85. The summed E-state index contributed by atoms with van der Waals surface area (Å²) in [6.07, 6.45) is 73.1. The molecule has 0 aromatic heterocycles. The SMILES string of the molecule is CC/C=C\C/C=C\C/C=C\C/C=C\CCCCCCCCCCC(=O)OC(COC(=O)CCCCCCCC)COC(=O)CCCCCCCCCC/C=C\C/C=C\C/C=C\CCCCCCC. The van der Waals surface area contributed by atoms with Gasteiger partial charge in [0, 0.05) is 19.3 Å². The van der Waals surface area contributed by atoms with E-state index in [4.69, 9.17) is 14.2 Å². The second-order valence-corrected chi connectivity index (χ2v) is 18.8. The van der Waals surface area contributed by atoms with Gasteiger partial charge in [-0.1, -0.05) is 241 Å². The Kier molecular flexibility index (Phi) is 53.4. The number of rotatable bonds is 51. The summed E-state index contributed by atoms with van der Waals surface area (Å²) in [5.41, 5.74) is 0. The number of hydrogen-bond acceptors (Lipinski definition) is 6. The van der Waals surface area contributed by atoms with Gasteiger partial charge in [-0.15, -0.1) is 0 Å². The summed E-state index contributed by atoms with van der Waals surface area (Å²) in [6, 6.07) is 0. The maximum absolute atomic E-state index is 12.8. The summed E-state index contributed by atoms with van der Waals surface area (Å²) in [6.45, 7) is 6.45. The number of allylic oxidation sites excluding steroid dienone is 14. The third-order valence-electron chi connectivity index (χ3n) is 12.1. The van der Waals surface area contributed by atoms with Crippen molar-refractivity contribution in [2.24, 2.45) is 0 Å². The largest absolute Gasteiger partial charge is 0.462 e. The maximum Gasteiger partial charge on any atom is 0.306 e. The number of esters is 3. The second kappa shape index (κ2) is 56.2. The molecule has 0 aliphatic rings. The van der Waals surface area contributed by atoms with Crippen molar-refractivity contribution >= 4 is 17.9 Å². The first-order valence-electron chi connectivity index (χ1n) is 28.6. The van der Waals surface area contributed by atoms with E-state index in [1.54, 1.807) is 0 Å². The van der Waals surface area contributed by atoms with Crippen LogP contribution in [0.2, 0.25) is 0 Å². The molecule has 0 amide bonds. The monoisotopic (exact) mass is 947 g/mol. The summed E-state index contributed by atoms with van der Waals surface area (Å²) in [7, 11) is 0. The molecule has 0 bridgehead atoms. The molecule has 0 radical (unpaired) electrons. The van der Waals surface area contributed by atoms with Crippen LogP contribution in [0, 0.1) is 0 Å². The minimum absolute atomic E-state index is 0.0823. The lowest BCUT2D eigenvalue weighted by atomic mass is 10.1. The molecular formula is C62H106O6. The van der Waals surface area contributed by atoms with Crippen molar-refractivity contribution in [1.82, 2.24) is 0 Å². The van der Waals surface area contributed by atoms with E-state index in [0.29, 0.717) is 19.3 Å². The van der Waals surface area contributed by atoms with E-state index in [1.165, 1.54) is 122 Å². The van der Waals surface area contributed by atoms with Gasteiger partial charge in [-0.2, -0.15) is 0 Å². The molecular weight excluding hydrogens is 841 g/mol. The van der Waals surface area contributed by atoms with Crippen molar-refractivity contribution in [1.29, 1.82) is 0 Å². The van der Waals surface area contributed by atoms with Crippen LogP contribution < -0.4 is 0 Å². The van der Waals surface area contributed by atoms with Crippen LogP contribution in [-0.2, 0) is 28.6 Å². The van der Waals surface area contributed by atoms with E-state index in [1.807, 2.05) is 0 Å². The lowest BCUT2D eigenvalue weighted by Crippen LogP contribution is -2.30. The van der Waals surface area contributed by atoms with Crippen LogP contribution in [0.25, 0.3) is 0 Å². The predicted molar refractivity (Wildman–Crippen MR) is 293 cm³/mol. The minimum atomic E-state index is -0.781. The Morgan fingerprint density at radius 3 is 0.897 bits per heavy atom. The zero-order chi connectivity index (χ0) is 49.3. The van der Waals surface area contributed by atoms with Crippen LogP contribution >= 0.6 is 0 Å². The highest BCUT2D eigenvalue weighted by Gasteiger charge is 2.19. The molecule has 0 aliphatic carbocycles. The smallest absolute Gasteiger partial charge is 0.306 e. The van der Waals surface area contributed by atoms with Gasteiger partial charge in [-0.05, 0) is 96.3 Å². The molecule has 6 heteroatoms. The van der Waals surface area contributed by atoms with Gasteiger partial charge in [-0.25, -0.2) is 0 Å². The molecule has 0 saturated carbocycles. The third kappa shape index (κ3) is 53.5. The molecule has 0 fully saturated rings. The van der Waals surface area contributed by atoms with Crippen LogP contribution in [0.4, 0.5) is 0 Å². The molecule has 0 rings (SSSR count). The second-order valence-electron chi connectivity index (χ2n) is 18.8. The van der Waals surface area contributed by atoms with E-state index >= 15 is 0 Å². The Balaban J connectivity index is 4.19. The first-order valence-corrected chi connectivity index (χ1v) is 28.6. The highest BCUT2D eigenvalue weighted by molar-refractivity contribution is 5.71. The van der Waals surface area contributed by atoms with Gasteiger partial charge in [0.15, 0.2) is 6.10 Å². The van der Waals surface area contributed by atoms with Crippen molar-refractivity contribution in [3.63, 3.8) is 0 Å². The summed E-state index contributed by atoms with van der Waals surface area (Å²) in [5.74, 6) is -0.904. The molecule has 0 saturated heterocycles. The molecule has 0 spiro atoms. The van der Waals surface area contributed by atoms with E-state index in [0.717, 1.165) is 109 Å². The summed E-state index contributed by atoms with van der Waals surface area (Å²) in [4.78, 5) is 37.9. The van der Waals surface area contributed by atoms with E-state index in [-0.39, 0.29) is 31.1 Å². The minimum Gasteiger partial charge on any atom is -0.462 e. The Morgan fingerprint density at radius 1 is 0.309 bits per heavy atom. The number of carbonyl (C=O) groups is 3. The van der Waals surface area contributed by atoms with Crippen molar-refractivity contribution in [3.8, 4) is 0 Å². The van der Waals surface area contributed by atoms with Crippen molar-refractivity contribution in [2.75, 3.05) is 13.2 Å². The Hall–Kier alpha value is -3.41. The standard InChI is InChI=1S/C62H106O6/c1-4-7-10-13-16-18-20-22-24-26-28-30-31-33-34-36-38-40-42-44-46-49-52-55-61(64)67-58-59(57-66-60(63)54-51-48-15-12-9-6-3)68-62(65)56-53-50-47-45-43-41-39-37-35-32-29-27-25-23-21-19-17-14-11-8-5-2/h8,11,17,19-20,22-23,25-26,28-29,31-33,59H,4-7,9-10,12-16,18,21,24,27,30,34-58H2,1-3H3/b11-8-,19-17-,22-20-,25-23-,28-26-,32-29-,33-31-. The first-order chi connectivity index (χ1) is 33.5. The van der Waals surface area contributed by atoms with Gasteiger partial charge >= 0.3 is 17.9 Å². The molecule has 0 aromatic rings. The zero-order valence-electron chi connectivity index (χ0n) is 44.6. The predicted octanol–water partition coefficient (Wildman–Crippen LogP) is 19.2. The van der Waals surface area contributed by atoms with E-state index in [2.05, 4.69) is 106 Å². The normalized spacial score (nSPS) is 12.7. The van der Waals surface area contributed by atoms with Crippen molar-refractivity contribution in [3.05, 3.63) is 85.1 Å². The lowest BCUT2D eigenvalue weighted by molar-refractivity contribution is -0.167. The number of hydrogen-bond donors (Lipinski definition) is 0. The van der Waals surface area contributed by atoms with E-state index in [9.17, 15) is 14.4 Å². The lowest BCUT2D eigenvalue weighted by Gasteiger charge is -2.18. The van der Waals surface area contributed by atoms with Crippen LogP contribution in [0.3, 0.4) is 0 Å². The summed E-state index contributed by atoms with van der Waals surface area (Å²) < 4.78 is 16.8. The van der Waals surface area contributed by atoms with Crippen molar-refractivity contribution in [2.45, 2.75) is 277 Å². The van der Waals surface area contributed by atoms with Gasteiger partial charge < -0.3 is 14.2 Å². The summed E-state index contributed by atoms with van der Waals surface area (Å²) >= 11 is 0. The molecule has 0 aromatic carbocycles. The number of ether oxygens (including phenoxy) is 3. The van der Waals surface area contributed by atoms with E-state index < -0.39 is 6.10 Å². The molecule has 0 aliphatic heterocycles. The van der Waals surface area contributed by atoms with Crippen LogP contribution in [0.5, 0.6) is 0 Å². The van der Waals surface area contributed by atoms with Gasteiger partial charge in [-0.3, -0.25) is 14.4 Å². The van der Waals surface area contributed by atoms with Crippen LogP contribution in [-0.4, -0.2) is 37.2 Å². The average molecular weight is 948 g/mol. The molecule has 0 heterocycles. The van der Waals surface area contributed by atoms with Gasteiger partial charge in [0.05, 0.1) is 0 Å². The Labute approximate surface area is 420 Å². The molecule has 68 heavy (non-hydrogen) atoms. The Morgan fingerprint density at radius 2 is 0.574 bits per heavy atom. The third-order valence-corrected chi connectivity index (χ3v) is 12.1. The Bertz CT molecular complexity index is 1320. The molecule has 0 N–H and O–H groups in total. The van der Waals surface area contributed by atoms with Gasteiger partial charge in [0.2, 0.25) is 0 Å². The van der Waals surface area contributed by atoms with Gasteiger partial charge in [0.25, 0.3) is 0 Å². The fourth-order valence-corrected chi connectivity index (χ4v) is 7.85. The van der Waals surface area contributed by atoms with Crippen molar-refractivity contribution < 1.29 is 28.6 Å². The number of carbonyl (C=O) groups excluding carboxylic acids is 3. The summed E-state index contributed by atoms with van der Waals surface area (Å²) in [5, 5.41) is 0. The zero-order valence-corrected chi connectivity index (χ0v) is 44.6. The molecule has 6 nitrogen and oxygen atoms in total. The molecule has 390 valence electrons. The highest BCUT2D eigenvalue weighted by atomic mass is 16.6. The maximum atomic E-state index is 12.8. The topological polar surface area (TPSA) is 78.9 Å². The molecule has 1 atom stereocenters. The highest BCUT2D eigenvalue weighted by Crippen LogP contribution is 2.15. The average Bonchev–Trinajstić information content (AvgIpc) is 3.34. The number of unbranched alkanes of at least 4 members (excludes halogenated alkanes) is 26.